The zero-order valence-corrected chi connectivity index (χ0v) is 12.9. The highest BCUT2D eigenvalue weighted by molar-refractivity contribution is 5.92. The minimum absolute atomic E-state index is 0.0296. The summed E-state index contributed by atoms with van der Waals surface area (Å²) in [6.07, 6.45) is -3.31. The van der Waals surface area contributed by atoms with Crippen molar-refractivity contribution in [2.75, 3.05) is 7.11 Å². The fourth-order valence-corrected chi connectivity index (χ4v) is 2.23. The quantitative estimate of drug-likeness (QED) is 0.899. The summed E-state index contributed by atoms with van der Waals surface area (Å²) in [7, 11) is 1.31. The van der Waals surface area contributed by atoms with Crippen molar-refractivity contribution in [2.24, 2.45) is 0 Å². The van der Waals surface area contributed by atoms with Crippen molar-refractivity contribution >= 4 is 5.91 Å². The van der Waals surface area contributed by atoms with Gasteiger partial charge in [-0.3, -0.25) is 9.59 Å². The molecule has 0 radical (unpaired) electrons. The van der Waals surface area contributed by atoms with Crippen LogP contribution in [-0.4, -0.2) is 18.0 Å². The second kappa shape index (κ2) is 6.77. The van der Waals surface area contributed by atoms with Crippen LogP contribution in [0.1, 0.15) is 34.6 Å². The van der Waals surface area contributed by atoms with Crippen LogP contribution in [0.4, 0.5) is 13.2 Å². The number of ether oxygens (including phenoxy) is 1. The van der Waals surface area contributed by atoms with E-state index in [4.69, 9.17) is 4.74 Å². The summed E-state index contributed by atoms with van der Waals surface area (Å²) in [5, 5.41) is 2.44. The molecule has 128 valence electrons. The third-order valence-corrected chi connectivity index (χ3v) is 3.42. The van der Waals surface area contributed by atoms with Gasteiger partial charge < -0.3 is 15.0 Å². The number of aromatic amines is 1. The number of alkyl halides is 3. The molecule has 5 nitrogen and oxygen atoms in total. The van der Waals surface area contributed by atoms with E-state index in [1.165, 1.54) is 38.4 Å². The van der Waals surface area contributed by atoms with Gasteiger partial charge in [0.05, 0.1) is 18.7 Å². The molecule has 0 unspecified atom stereocenters. The number of aromatic nitrogens is 1. The summed E-state index contributed by atoms with van der Waals surface area (Å²) in [6.45, 7) is 1.43. The Morgan fingerprint density at radius 3 is 2.54 bits per heavy atom. The van der Waals surface area contributed by atoms with Crippen molar-refractivity contribution in [1.29, 1.82) is 0 Å². The molecule has 1 aromatic carbocycles. The smallest absolute Gasteiger partial charge is 0.416 e. The van der Waals surface area contributed by atoms with Crippen molar-refractivity contribution in [3.05, 3.63) is 63.6 Å². The number of rotatable bonds is 4. The number of benzene rings is 1. The van der Waals surface area contributed by atoms with Crippen LogP contribution < -0.4 is 15.5 Å². The first-order chi connectivity index (χ1) is 11.2. The number of nitrogens with one attached hydrogen (secondary N) is 2. The van der Waals surface area contributed by atoms with E-state index in [0.29, 0.717) is 0 Å². The average molecular weight is 340 g/mol. The van der Waals surface area contributed by atoms with E-state index >= 15 is 0 Å². The Morgan fingerprint density at radius 1 is 1.29 bits per heavy atom. The standard InChI is InChI=1S/C16H15F3N2O3/c1-9(10-5-3-4-6-11(10)16(17,18)19)21-15(23)12-7-13(22)14(24-2)8-20-12/h3-9H,1-2H3,(H,20,22)(H,21,23)/t9-/m1/s1. The molecule has 0 saturated carbocycles. The van der Waals surface area contributed by atoms with Crippen LogP contribution >= 0.6 is 0 Å². The summed E-state index contributed by atoms with van der Waals surface area (Å²) < 4.78 is 43.9. The van der Waals surface area contributed by atoms with E-state index in [1.807, 2.05) is 0 Å². The predicted octanol–water partition coefficient (Wildman–Crippen LogP) is 2.89. The first-order valence-electron chi connectivity index (χ1n) is 6.97. The van der Waals surface area contributed by atoms with Crippen molar-refractivity contribution in [3.8, 4) is 5.75 Å². The van der Waals surface area contributed by atoms with Crippen LogP contribution in [0.3, 0.4) is 0 Å². The summed E-state index contributed by atoms with van der Waals surface area (Å²) in [6, 6.07) is 5.11. The van der Waals surface area contributed by atoms with Gasteiger partial charge in [-0.1, -0.05) is 18.2 Å². The minimum Gasteiger partial charge on any atom is -0.491 e. The number of H-pyrrole nitrogens is 1. The van der Waals surface area contributed by atoms with Gasteiger partial charge in [0.15, 0.2) is 5.75 Å². The van der Waals surface area contributed by atoms with E-state index in [2.05, 4.69) is 10.3 Å². The number of hydrogen-bond acceptors (Lipinski definition) is 3. The minimum atomic E-state index is -4.52. The first kappa shape index (κ1) is 17.6. The molecule has 0 saturated heterocycles. The fraction of sp³-hybridized carbons (Fsp3) is 0.250. The molecule has 2 rings (SSSR count). The van der Waals surface area contributed by atoms with E-state index in [-0.39, 0.29) is 17.0 Å². The monoisotopic (exact) mass is 340 g/mol. The van der Waals surface area contributed by atoms with Crippen molar-refractivity contribution in [2.45, 2.75) is 19.1 Å². The maximum Gasteiger partial charge on any atom is 0.416 e. The Balaban J connectivity index is 2.24. The Hall–Kier alpha value is -2.77. The summed E-state index contributed by atoms with van der Waals surface area (Å²) >= 11 is 0. The highest BCUT2D eigenvalue weighted by Gasteiger charge is 2.34. The van der Waals surface area contributed by atoms with Gasteiger partial charge in [-0.2, -0.15) is 13.2 Å². The SMILES string of the molecule is COc1c[nH]c(C(=O)N[C@H](C)c2ccccc2C(F)(F)F)cc1=O. The zero-order chi connectivity index (χ0) is 17.9. The molecule has 1 atom stereocenters. The van der Waals surface area contributed by atoms with Gasteiger partial charge in [0.2, 0.25) is 5.43 Å². The maximum atomic E-state index is 13.0. The van der Waals surface area contributed by atoms with Gasteiger partial charge in [0.25, 0.3) is 5.91 Å². The molecule has 0 aliphatic heterocycles. The van der Waals surface area contributed by atoms with Crippen LogP contribution in [0.5, 0.6) is 5.75 Å². The van der Waals surface area contributed by atoms with Crippen LogP contribution in [-0.2, 0) is 6.18 Å². The van der Waals surface area contributed by atoms with Crippen molar-refractivity contribution in [1.82, 2.24) is 10.3 Å². The lowest BCUT2D eigenvalue weighted by atomic mass is 10.0. The molecule has 2 aromatic rings. The van der Waals surface area contributed by atoms with Gasteiger partial charge in [-0.25, -0.2) is 0 Å². The Bertz CT molecular complexity index is 800. The van der Waals surface area contributed by atoms with Crippen LogP contribution in [0.25, 0.3) is 0 Å². The second-order valence-electron chi connectivity index (χ2n) is 5.06. The zero-order valence-electron chi connectivity index (χ0n) is 12.9. The highest BCUT2D eigenvalue weighted by Crippen LogP contribution is 2.34. The average Bonchev–Trinajstić information content (AvgIpc) is 2.53. The van der Waals surface area contributed by atoms with Crippen LogP contribution in [0.15, 0.2) is 41.3 Å². The lowest BCUT2D eigenvalue weighted by Crippen LogP contribution is -2.29. The van der Waals surface area contributed by atoms with Crippen molar-refractivity contribution in [3.63, 3.8) is 0 Å². The molecule has 0 bridgehead atoms. The molecule has 8 heteroatoms. The normalized spacial score (nSPS) is 12.5. The fourth-order valence-electron chi connectivity index (χ4n) is 2.23. The first-order valence-corrected chi connectivity index (χ1v) is 6.97. The molecule has 0 aliphatic carbocycles. The number of halogens is 3. The Kier molecular flexibility index (Phi) is 4.96. The molecule has 0 spiro atoms. The molecular formula is C16H15F3N2O3. The Labute approximate surface area is 135 Å². The number of methoxy groups -OCH3 is 1. The molecule has 1 amide bonds. The largest absolute Gasteiger partial charge is 0.491 e. The van der Waals surface area contributed by atoms with Gasteiger partial charge in [-0.15, -0.1) is 0 Å². The highest BCUT2D eigenvalue weighted by atomic mass is 19.4. The number of hydrogen-bond donors (Lipinski definition) is 2. The summed E-state index contributed by atoms with van der Waals surface area (Å²) in [5.74, 6) is -0.666. The molecular weight excluding hydrogens is 325 g/mol. The molecule has 0 aliphatic rings. The van der Waals surface area contributed by atoms with Crippen LogP contribution in [0.2, 0.25) is 0 Å². The van der Waals surface area contributed by atoms with E-state index in [1.54, 1.807) is 0 Å². The lowest BCUT2D eigenvalue weighted by molar-refractivity contribution is -0.138. The maximum absolute atomic E-state index is 13.0. The topological polar surface area (TPSA) is 71.2 Å². The van der Waals surface area contributed by atoms with Gasteiger partial charge in [0, 0.05) is 12.3 Å². The van der Waals surface area contributed by atoms with E-state index < -0.39 is 29.1 Å². The second-order valence-corrected chi connectivity index (χ2v) is 5.06. The van der Waals surface area contributed by atoms with Gasteiger partial charge >= 0.3 is 6.18 Å². The molecule has 24 heavy (non-hydrogen) atoms. The number of amides is 1. The van der Waals surface area contributed by atoms with Gasteiger partial charge in [0.1, 0.15) is 5.69 Å². The summed E-state index contributed by atoms with van der Waals surface area (Å²) in [5.41, 5.74) is -1.46. The van der Waals surface area contributed by atoms with E-state index in [9.17, 15) is 22.8 Å². The molecule has 1 heterocycles. The lowest BCUT2D eigenvalue weighted by Gasteiger charge is -2.19. The summed E-state index contributed by atoms with van der Waals surface area (Å²) in [4.78, 5) is 26.4. The van der Waals surface area contributed by atoms with Crippen LogP contribution in [0, 0.1) is 0 Å². The number of carbonyl (C=O) groups is 1. The predicted molar refractivity (Wildman–Crippen MR) is 80.9 cm³/mol. The third-order valence-electron chi connectivity index (χ3n) is 3.42. The third kappa shape index (κ3) is 3.76. The molecule has 1 aromatic heterocycles. The van der Waals surface area contributed by atoms with E-state index in [0.717, 1.165) is 12.1 Å². The van der Waals surface area contributed by atoms with Gasteiger partial charge in [-0.05, 0) is 18.6 Å². The number of carbonyl (C=O) groups excluding carboxylic acids is 1. The number of pyridine rings is 1. The molecule has 0 fully saturated rings. The molecule has 2 N–H and O–H groups in total. The van der Waals surface area contributed by atoms with Crippen molar-refractivity contribution < 1.29 is 22.7 Å². The Morgan fingerprint density at radius 2 is 1.96 bits per heavy atom.